The Hall–Kier alpha value is -2.82. The minimum atomic E-state index is -1.99. The number of hydrogen-bond acceptors (Lipinski definition) is 7. The highest BCUT2D eigenvalue weighted by Crippen LogP contribution is 2.32. The highest BCUT2D eigenvalue weighted by molar-refractivity contribution is 8.14. The van der Waals surface area contributed by atoms with E-state index in [1.807, 2.05) is 54.6 Å². The predicted molar refractivity (Wildman–Crippen MR) is 151 cm³/mol. The molecule has 0 saturated heterocycles. The number of carbonyl (C=O) groups is 2. The quantitative estimate of drug-likeness (QED) is 0.0870. The van der Waals surface area contributed by atoms with E-state index in [0.29, 0.717) is 11.2 Å². The zero-order chi connectivity index (χ0) is 26.7. The van der Waals surface area contributed by atoms with Gasteiger partial charge in [-0.1, -0.05) is 83.3 Å². The van der Waals surface area contributed by atoms with E-state index in [-0.39, 0.29) is 17.7 Å². The molecule has 1 atom stereocenters. The van der Waals surface area contributed by atoms with Gasteiger partial charge >= 0.3 is 5.97 Å². The van der Waals surface area contributed by atoms with Gasteiger partial charge in [-0.25, -0.2) is 9.79 Å². The predicted octanol–water partition coefficient (Wildman–Crippen LogP) is 5.41. The number of para-hydroxylation sites is 1. The number of anilines is 1. The number of thioether (sulfide) groups is 1. The monoisotopic (exact) mass is 580 g/mol. The molecule has 12 heteroatoms. The van der Waals surface area contributed by atoms with Crippen LogP contribution in [0.4, 0.5) is 5.69 Å². The van der Waals surface area contributed by atoms with Crippen LogP contribution in [0.2, 0.25) is 0 Å². The molecule has 2 aromatic carbocycles. The molecule has 8 nitrogen and oxygen atoms in total. The Morgan fingerprint density at radius 1 is 1.11 bits per heavy atom. The smallest absolute Gasteiger partial charge is 0.332 e. The van der Waals surface area contributed by atoms with Crippen molar-refractivity contribution in [2.45, 2.75) is 9.96 Å². The lowest BCUT2D eigenvalue weighted by atomic mass is 10.2. The Morgan fingerprint density at radius 3 is 2.59 bits per heavy atom. The maximum Gasteiger partial charge on any atom is 0.332 e. The van der Waals surface area contributed by atoms with Crippen LogP contribution in [0.15, 0.2) is 77.9 Å². The summed E-state index contributed by atoms with van der Waals surface area (Å²) in [7, 11) is 1.39. The molecule has 3 aromatic rings. The van der Waals surface area contributed by atoms with E-state index in [1.54, 1.807) is 18.3 Å². The third-order valence-corrected chi connectivity index (χ3v) is 5.95. The molecule has 1 heterocycles. The van der Waals surface area contributed by atoms with Gasteiger partial charge in [-0.15, -0.1) is 0 Å². The maximum absolute atomic E-state index is 12.6. The van der Waals surface area contributed by atoms with Gasteiger partial charge in [0.25, 0.3) is 0 Å². The number of pyridine rings is 1. The van der Waals surface area contributed by atoms with Crippen LogP contribution >= 0.6 is 46.6 Å². The molecule has 0 aliphatic rings. The number of nitrogens with zero attached hydrogens (tertiary/aromatic N) is 2. The maximum atomic E-state index is 12.6. The number of aliphatic imine (C=N–C) groups is 1. The number of amidine groups is 1. The normalized spacial score (nSPS) is 12.9. The highest BCUT2D eigenvalue weighted by atomic mass is 35.6. The van der Waals surface area contributed by atoms with Crippen LogP contribution in [0.25, 0.3) is 17.0 Å². The third-order valence-electron chi connectivity index (χ3n) is 4.61. The SMILES string of the molecule is COCC(=O)OCSC(=NC(NC(=O)/C=C/c1ccccc1)C(Cl)(Cl)Cl)Nc1cccc2cccnc12. The summed E-state index contributed by atoms with van der Waals surface area (Å²) in [6, 6.07) is 18.5. The standard InChI is InChI=1S/C25H23Cl3N4O4S/c1-35-15-21(34)36-16-37-24(30-19-11-5-9-18-10-6-14-29-22(18)19)32-23(25(26,27)28)31-20(33)13-12-17-7-3-2-4-8-17/h2-14,23H,15-16H2,1H3,(H,30,32)(H,31,33)/b13-12+. The van der Waals surface area contributed by atoms with Gasteiger partial charge in [0, 0.05) is 24.8 Å². The fourth-order valence-corrected chi connectivity index (χ4v) is 3.93. The molecular weight excluding hydrogens is 559 g/mol. The lowest BCUT2D eigenvalue weighted by molar-refractivity contribution is -0.145. The molecule has 0 aliphatic carbocycles. The number of benzene rings is 2. The molecule has 0 spiro atoms. The fourth-order valence-electron chi connectivity index (χ4n) is 2.96. The van der Waals surface area contributed by atoms with Crippen LogP contribution in [0.3, 0.4) is 0 Å². The first-order chi connectivity index (χ1) is 17.8. The van der Waals surface area contributed by atoms with Crippen LogP contribution in [-0.4, -0.2) is 51.6 Å². The number of alkyl halides is 3. The number of methoxy groups -OCH3 is 1. The Bertz CT molecular complexity index is 1260. The molecule has 2 N–H and O–H groups in total. The van der Waals surface area contributed by atoms with Crippen molar-refractivity contribution in [2.24, 2.45) is 4.99 Å². The van der Waals surface area contributed by atoms with Gasteiger partial charge in [-0.2, -0.15) is 0 Å². The first kappa shape index (κ1) is 28.7. The van der Waals surface area contributed by atoms with Gasteiger partial charge in [0.1, 0.15) is 12.5 Å². The number of aromatic nitrogens is 1. The zero-order valence-electron chi connectivity index (χ0n) is 19.6. The molecule has 194 valence electrons. The summed E-state index contributed by atoms with van der Waals surface area (Å²) >= 11 is 19.5. The second-order valence-electron chi connectivity index (χ2n) is 7.35. The molecule has 1 unspecified atom stereocenters. The van der Waals surface area contributed by atoms with E-state index >= 15 is 0 Å². The van der Waals surface area contributed by atoms with Crippen molar-refractivity contribution in [3.05, 3.63) is 78.5 Å². The number of ether oxygens (including phenoxy) is 2. The van der Waals surface area contributed by atoms with E-state index in [0.717, 1.165) is 22.7 Å². The number of carbonyl (C=O) groups excluding carboxylic acids is 2. The van der Waals surface area contributed by atoms with Crippen LogP contribution in [0.1, 0.15) is 5.56 Å². The van der Waals surface area contributed by atoms with Crippen LogP contribution in [-0.2, 0) is 19.1 Å². The molecule has 0 saturated carbocycles. The van der Waals surface area contributed by atoms with Gasteiger partial charge in [0.15, 0.2) is 11.3 Å². The molecule has 0 fully saturated rings. The zero-order valence-corrected chi connectivity index (χ0v) is 22.7. The van der Waals surface area contributed by atoms with E-state index in [4.69, 9.17) is 44.3 Å². The van der Waals surface area contributed by atoms with Crippen molar-refractivity contribution in [3.63, 3.8) is 0 Å². The first-order valence-corrected chi connectivity index (χ1v) is 12.9. The summed E-state index contributed by atoms with van der Waals surface area (Å²) in [4.78, 5) is 33.2. The lowest BCUT2D eigenvalue weighted by Gasteiger charge is -2.23. The largest absolute Gasteiger partial charge is 0.452 e. The number of esters is 1. The summed E-state index contributed by atoms with van der Waals surface area (Å²) in [6.07, 6.45) is 3.32. The van der Waals surface area contributed by atoms with Gasteiger partial charge in [-0.05, 0) is 35.5 Å². The van der Waals surface area contributed by atoms with Crippen LogP contribution in [0.5, 0.6) is 0 Å². The molecule has 0 radical (unpaired) electrons. The second kappa shape index (κ2) is 14.2. The number of rotatable bonds is 9. The molecular formula is C25H23Cl3N4O4S. The molecule has 1 amide bonds. The van der Waals surface area contributed by atoms with Gasteiger partial charge < -0.3 is 20.1 Å². The van der Waals surface area contributed by atoms with Crippen molar-refractivity contribution >= 4 is 86.3 Å². The fraction of sp³-hybridized carbons (Fsp3) is 0.200. The Labute approximate surface area is 233 Å². The van der Waals surface area contributed by atoms with Crippen molar-refractivity contribution in [3.8, 4) is 0 Å². The Balaban J connectivity index is 1.85. The van der Waals surface area contributed by atoms with Crippen LogP contribution < -0.4 is 10.6 Å². The number of halogens is 3. The summed E-state index contributed by atoms with van der Waals surface area (Å²) in [5.41, 5.74) is 2.12. The highest BCUT2D eigenvalue weighted by Gasteiger charge is 2.34. The van der Waals surface area contributed by atoms with E-state index in [9.17, 15) is 9.59 Å². The molecule has 37 heavy (non-hydrogen) atoms. The minimum absolute atomic E-state index is 0.110. The average molecular weight is 582 g/mol. The van der Waals surface area contributed by atoms with Crippen molar-refractivity contribution in [1.82, 2.24) is 10.3 Å². The van der Waals surface area contributed by atoms with E-state index in [1.165, 1.54) is 13.2 Å². The Morgan fingerprint density at radius 2 is 1.86 bits per heavy atom. The Kier molecular flexibility index (Phi) is 11.0. The third kappa shape index (κ3) is 9.53. The van der Waals surface area contributed by atoms with Crippen molar-refractivity contribution in [1.29, 1.82) is 0 Å². The number of amides is 1. The average Bonchev–Trinajstić information content (AvgIpc) is 2.87. The molecule has 0 bridgehead atoms. The molecule has 1 aromatic heterocycles. The van der Waals surface area contributed by atoms with Crippen molar-refractivity contribution in [2.75, 3.05) is 25.0 Å². The number of hydrogen-bond donors (Lipinski definition) is 2. The second-order valence-corrected chi connectivity index (χ2v) is 10.6. The molecule has 3 rings (SSSR count). The van der Waals surface area contributed by atoms with Crippen LogP contribution in [0, 0.1) is 0 Å². The molecule has 0 aliphatic heterocycles. The van der Waals surface area contributed by atoms with Crippen molar-refractivity contribution < 1.29 is 19.1 Å². The number of nitrogens with one attached hydrogen (secondary N) is 2. The minimum Gasteiger partial charge on any atom is -0.452 e. The number of fused-ring (bicyclic) bond motifs is 1. The summed E-state index contributed by atoms with van der Waals surface area (Å²) in [6.45, 7) is -0.200. The van der Waals surface area contributed by atoms with Gasteiger partial charge in [0.2, 0.25) is 9.70 Å². The van der Waals surface area contributed by atoms with E-state index in [2.05, 4.69) is 20.6 Å². The lowest BCUT2D eigenvalue weighted by Crippen LogP contribution is -2.42. The van der Waals surface area contributed by atoms with E-state index < -0.39 is 21.8 Å². The summed E-state index contributed by atoms with van der Waals surface area (Å²) in [5, 5.41) is 6.84. The topological polar surface area (TPSA) is 102 Å². The van der Waals surface area contributed by atoms with Gasteiger partial charge in [-0.3, -0.25) is 9.78 Å². The summed E-state index contributed by atoms with van der Waals surface area (Å²) in [5.74, 6) is -1.19. The summed E-state index contributed by atoms with van der Waals surface area (Å²) < 4.78 is 7.92. The first-order valence-electron chi connectivity index (χ1n) is 10.8. The van der Waals surface area contributed by atoms with Gasteiger partial charge in [0.05, 0.1) is 11.2 Å².